The van der Waals surface area contributed by atoms with Crippen molar-refractivity contribution in [1.29, 1.82) is 0 Å². The summed E-state index contributed by atoms with van der Waals surface area (Å²) in [6, 6.07) is 6.11. The van der Waals surface area contributed by atoms with Crippen molar-refractivity contribution in [3.8, 4) is 11.4 Å². The lowest BCUT2D eigenvalue weighted by atomic mass is 9.85. The normalized spacial score (nSPS) is 23.4. The smallest absolute Gasteiger partial charge is 0.354 e. The van der Waals surface area contributed by atoms with Crippen molar-refractivity contribution in [2.75, 3.05) is 18.4 Å². The van der Waals surface area contributed by atoms with Crippen molar-refractivity contribution in [3.63, 3.8) is 0 Å². The molecule has 2 aliphatic carbocycles. The van der Waals surface area contributed by atoms with Gasteiger partial charge in [-0.05, 0) is 116 Å². The molecule has 4 atom stereocenters. The summed E-state index contributed by atoms with van der Waals surface area (Å²) in [5.41, 5.74) is 10.4. The van der Waals surface area contributed by atoms with Crippen molar-refractivity contribution in [2.24, 2.45) is 4.99 Å². The number of allylic oxidation sites excluding steroid dienone is 1. The number of anilines is 1. The van der Waals surface area contributed by atoms with E-state index < -0.39 is 24.0 Å². The van der Waals surface area contributed by atoms with Gasteiger partial charge in [0.25, 0.3) is 0 Å². The minimum absolute atomic E-state index is 0.0000919. The van der Waals surface area contributed by atoms with Crippen LogP contribution in [0.15, 0.2) is 47.1 Å². The Balaban J connectivity index is 0.923. The number of amides is 1. The average Bonchev–Trinajstić information content (AvgIpc) is 3.16. The molecule has 0 aromatic carbocycles. The van der Waals surface area contributed by atoms with Crippen LogP contribution in [-0.4, -0.2) is 90.1 Å². The van der Waals surface area contributed by atoms with Crippen LogP contribution in [0.5, 0.6) is 0 Å². The van der Waals surface area contributed by atoms with E-state index in [0.29, 0.717) is 47.1 Å². The number of hydrogen-bond acceptors (Lipinski definition) is 11. The molecular formula is C39H39N9O5. The van der Waals surface area contributed by atoms with E-state index in [-0.39, 0.29) is 23.9 Å². The number of carboxylic acid groups (broad SMARTS) is 2. The number of nitrogens with one attached hydrogen (secondary N) is 3. The van der Waals surface area contributed by atoms with Gasteiger partial charge in [0.05, 0.1) is 28.8 Å². The second-order valence-electron chi connectivity index (χ2n) is 14.6. The third-order valence-electron chi connectivity index (χ3n) is 11.4. The summed E-state index contributed by atoms with van der Waals surface area (Å²) < 4.78 is 0. The fourth-order valence-electron chi connectivity index (χ4n) is 8.53. The lowest BCUT2D eigenvalue weighted by Crippen LogP contribution is -2.67. The largest absolute Gasteiger partial charge is 0.480 e. The molecule has 0 bridgehead atoms. The summed E-state index contributed by atoms with van der Waals surface area (Å²) >= 11 is 0. The van der Waals surface area contributed by atoms with Gasteiger partial charge in [0.15, 0.2) is 11.7 Å². The molecule has 270 valence electrons. The van der Waals surface area contributed by atoms with Crippen molar-refractivity contribution in [2.45, 2.75) is 83.2 Å². The number of aryl methyl sites for hydroxylation is 4. The van der Waals surface area contributed by atoms with Crippen LogP contribution >= 0.6 is 0 Å². The highest BCUT2D eigenvalue weighted by atomic mass is 16.4. The number of fused-ring (bicyclic) bond motifs is 8. The molecule has 4 aromatic heterocycles. The molecular weight excluding hydrogens is 674 g/mol. The molecule has 4 aromatic rings. The standard InChI is InChI=1S/C39H39N9O5/c1-18-15-30(45-34-23(18)8-5-21-7-10-29(38(52)53)42-32(21)34)46-36(49)27-12-14-48-13-11-26(43-39(48)44-27)25-17-40-35-24(19(25)2)16-22-4-3-20-6-9-28(37(50)51)41-31(20)33(22)47-35/h6-7,9,15-17,26-27,29,39,43-44H,3-5,8,10-14H2,1-2H3,(H,50,51)(H,52,53)(H,45,46,49). The van der Waals surface area contributed by atoms with Crippen LogP contribution in [0.25, 0.3) is 22.4 Å². The third-order valence-corrected chi connectivity index (χ3v) is 11.4. The Morgan fingerprint density at radius 1 is 0.906 bits per heavy atom. The molecule has 53 heavy (non-hydrogen) atoms. The fraction of sp³-hybridized carbons (Fsp3) is 0.385. The third kappa shape index (κ3) is 5.86. The van der Waals surface area contributed by atoms with Crippen LogP contribution in [-0.2, 0) is 28.9 Å². The molecule has 4 unspecified atom stereocenters. The predicted octanol–water partition coefficient (Wildman–Crippen LogP) is 3.64. The Hall–Kier alpha value is -5.44. The maximum absolute atomic E-state index is 13.7. The molecule has 3 aliphatic heterocycles. The molecule has 14 heteroatoms. The summed E-state index contributed by atoms with van der Waals surface area (Å²) in [5.74, 6) is -1.76. The number of aromatic nitrogens is 4. The maximum atomic E-state index is 13.7. The number of nitrogens with zero attached hydrogens (tertiary/aromatic N) is 6. The lowest BCUT2D eigenvalue weighted by Gasteiger charge is -2.46. The second-order valence-corrected chi connectivity index (χ2v) is 14.6. The monoisotopic (exact) mass is 713 g/mol. The number of aromatic carboxylic acids is 1. The fourth-order valence-corrected chi connectivity index (χ4v) is 8.53. The molecule has 7 heterocycles. The van der Waals surface area contributed by atoms with Gasteiger partial charge in [-0.25, -0.2) is 29.5 Å². The highest BCUT2D eigenvalue weighted by Crippen LogP contribution is 2.36. The number of carbonyl (C=O) groups excluding carboxylic acids is 1. The van der Waals surface area contributed by atoms with E-state index in [1.54, 1.807) is 6.07 Å². The molecule has 9 rings (SSSR count). The zero-order valence-electron chi connectivity index (χ0n) is 29.4. The quantitative estimate of drug-likeness (QED) is 0.202. The van der Waals surface area contributed by atoms with Crippen molar-refractivity contribution < 1.29 is 24.6 Å². The highest BCUT2D eigenvalue weighted by molar-refractivity contribution is 6.15. The molecule has 0 spiro atoms. The van der Waals surface area contributed by atoms with Gasteiger partial charge in [-0.1, -0.05) is 12.1 Å². The van der Waals surface area contributed by atoms with E-state index in [0.717, 1.165) is 89.5 Å². The zero-order valence-corrected chi connectivity index (χ0v) is 29.4. The van der Waals surface area contributed by atoms with Crippen molar-refractivity contribution >= 4 is 40.4 Å². The van der Waals surface area contributed by atoms with E-state index in [4.69, 9.17) is 15.0 Å². The van der Waals surface area contributed by atoms with Crippen LogP contribution in [0.3, 0.4) is 0 Å². The molecule has 5 N–H and O–H groups in total. The minimum atomic E-state index is -1.07. The number of pyridine rings is 4. The molecule has 1 amide bonds. The van der Waals surface area contributed by atoms with Gasteiger partial charge in [0.1, 0.15) is 17.8 Å². The topological polar surface area (TPSA) is 195 Å². The van der Waals surface area contributed by atoms with E-state index in [1.165, 1.54) is 0 Å². The molecule has 5 aliphatic rings. The molecule has 0 saturated carbocycles. The Bertz CT molecular complexity index is 2320. The number of dihydropyridines is 1. The van der Waals surface area contributed by atoms with Gasteiger partial charge in [-0.3, -0.25) is 25.3 Å². The first kappa shape index (κ1) is 33.4. The lowest BCUT2D eigenvalue weighted by molar-refractivity contribution is -0.138. The molecule has 2 saturated heterocycles. The first-order chi connectivity index (χ1) is 25.6. The highest BCUT2D eigenvalue weighted by Gasteiger charge is 2.37. The molecule has 0 radical (unpaired) electrons. The van der Waals surface area contributed by atoms with Crippen LogP contribution < -0.4 is 16.0 Å². The minimum Gasteiger partial charge on any atom is -0.480 e. The maximum Gasteiger partial charge on any atom is 0.354 e. The number of rotatable bonds is 5. The van der Waals surface area contributed by atoms with Gasteiger partial charge < -0.3 is 15.5 Å². The summed E-state index contributed by atoms with van der Waals surface area (Å²) in [5, 5.41) is 30.4. The van der Waals surface area contributed by atoms with Gasteiger partial charge in [-0.15, -0.1) is 0 Å². The van der Waals surface area contributed by atoms with Gasteiger partial charge >= 0.3 is 11.9 Å². The molecule has 2 fully saturated rings. The number of aliphatic carboxylic acids is 1. The van der Waals surface area contributed by atoms with Crippen LogP contribution in [0.4, 0.5) is 5.82 Å². The number of hydrogen-bond donors (Lipinski definition) is 5. The summed E-state index contributed by atoms with van der Waals surface area (Å²) in [6.45, 7) is 5.68. The van der Waals surface area contributed by atoms with E-state index in [9.17, 15) is 24.6 Å². The first-order valence-electron chi connectivity index (χ1n) is 18.2. The predicted molar refractivity (Wildman–Crippen MR) is 196 cm³/mol. The average molecular weight is 714 g/mol. The van der Waals surface area contributed by atoms with E-state index in [2.05, 4.69) is 43.8 Å². The second kappa shape index (κ2) is 12.9. The number of carboxylic acids is 2. The number of carbonyl (C=O) groups is 3. The van der Waals surface area contributed by atoms with E-state index in [1.807, 2.05) is 31.3 Å². The van der Waals surface area contributed by atoms with Crippen LogP contribution in [0.2, 0.25) is 0 Å². The summed E-state index contributed by atoms with van der Waals surface area (Å²) in [6.07, 6.45) is 8.64. The Morgan fingerprint density at radius 2 is 1.72 bits per heavy atom. The summed E-state index contributed by atoms with van der Waals surface area (Å²) in [4.78, 5) is 62.9. The van der Waals surface area contributed by atoms with Gasteiger partial charge in [0.2, 0.25) is 5.91 Å². The first-order valence-corrected chi connectivity index (χ1v) is 18.2. The van der Waals surface area contributed by atoms with Gasteiger partial charge in [0, 0.05) is 30.7 Å². The SMILES string of the molecule is Cc1cc(NC(=O)C2CCN3CCC(c4cnc5nc6c(cc5c4C)CCc4ccc(C(=O)O)nc4-6)NC3N2)nc2c1CCC1=CCC(C(=O)O)N=C12. The molecule has 14 nitrogen and oxygen atoms in total. The number of aliphatic imine (C=N–C) groups is 1. The Labute approximate surface area is 304 Å². The van der Waals surface area contributed by atoms with E-state index >= 15 is 0 Å². The Morgan fingerprint density at radius 3 is 2.55 bits per heavy atom. The van der Waals surface area contributed by atoms with Crippen molar-refractivity contribution in [3.05, 3.63) is 86.9 Å². The zero-order chi connectivity index (χ0) is 36.5. The Kier molecular flexibility index (Phi) is 8.13. The van der Waals surface area contributed by atoms with Crippen LogP contribution in [0, 0.1) is 13.8 Å². The van der Waals surface area contributed by atoms with Crippen molar-refractivity contribution in [1.82, 2.24) is 35.5 Å². The van der Waals surface area contributed by atoms with Crippen LogP contribution in [0.1, 0.15) is 81.3 Å². The summed E-state index contributed by atoms with van der Waals surface area (Å²) in [7, 11) is 0. The van der Waals surface area contributed by atoms with Gasteiger partial charge in [-0.2, -0.15) is 0 Å².